The van der Waals surface area contributed by atoms with E-state index < -0.39 is 0 Å². The highest BCUT2D eigenvalue weighted by Gasteiger charge is 2.00. The number of benzene rings is 2. The van der Waals surface area contributed by atoms with Crippen molar-refractivity contribution in [1.82, 2.24) is 4.98 Å². The number of aromatic nitrogens is 1. The highest BCUT2D eigenvalue weighted by Crippen LogP contribution is 2.22. The summed E-state index contributed by atoms with van der Waals surface area (Å²) in [6.45, 7) is 0. The molecule has 1 aromatic heterocycles. The fourth-order valence-electron chi connectivity index (χ4n) is 1.86. The Hall–Kier alpha value is -2.33. The van der Waals surface area contributed by atoms with Gasteiger partial charge in [0.1, 0.15) is 0 Å². The van der Waals surface area contributed by atoms with Crippen LogP contribution in [0.2, 0.25) is 0 Å². The molecule has 0 aliphatic heterocycles. The number of anilines is 2. The maximum absolute atomic E-state index is 5.73. The van der Waals surface area contributed by atoms with Crippen LogP contribution < -0.4 is 11.5 Å². The minimum atomic E-state index is 0. The molecule has 17 heavy (non-hydrogen) atoms. The third-order valence-corrected chi connectivity index (χ3v) is 2.66. The molecule has 0 fully saturated rings. The number of hydrogen-bond donors (Lipinski definition) is 2. The van der Waals surface area contributed by atoms with Crippen molar-refractivity contribution in [2.45, 2.75) is 0 Å². The molecule has 3 aromatic rings. The smallest absolute Gasteiger partial charge is 0.0730 e. The summed E-state index contributed by atoms with van der Waals surface area (Å²) in [6, 6.07) is 13.6. The van der Waals surface area contributed by atoms with Gasteiger partial charge in [0.2, 0.25) is 0 Å². The Morgan fingerprint density at radius 1 is 0.706 bits per heavy atom. The van der Waals surface area contributed by atoms with Gasteiger partial charge in [0, 0.05) is 22.1 Å². The second kappa shape index (κ2) is 3.92. The minimum Gasteiger partial charge on any atom is -0.412 e. The Labute approximate surface area is 98.2 Å². The van der Waals surface area contributed by atoms with Gasteiger partial charge in [-0.25, -0.2) is 4.98 Å². The van der Waals surface area contributed by atoms with Gasteiger partial charge in [-0.15, -0.1) is 0 Å². The van der Waals surface area contributed by atoms with Gasteiger partial charge in [-0.1, -0.05) is 12.1 Å². The standard InChI is InChI=1S/C13H11N3.H2O/c14-10-3-1-8-5-9-2-4-11(15)7-13(9)16-12(8)6-10;/h1-7H,14-15H2;1H2. The van der Waals surface area contributed by atoms with Gasteiger partial charge in [0.25, 0.3) is 0 Å². The molecular formula is C13H13N3O. The van der Waals surface area contributed by atoms with E-state index in [1.807, 2.05) is 36.4 Å². The van der Waals surface area contributed by atoms with E-state index in [-0.39, 0.29) is 5.48 Å². The quantitative estimate of drug-likeness (QED) is 0.452. The number of pyridine rings is 1. The first-order valence-electron chi connectivity index (χ1n) is 5.08. The fourth-order valence-corrected chi connectivity index (χ4v) is 1.86. The summed E-state index contributed by atoms with van der Waals surface area (Å²) in [7, 11) is 0. The van der Waals surface area contributed by atoms with Crippen molar-refractivity contribution in [3.63, 3.8) is 0 Å². The summed E-state index contributed by atoms with van der Waals surface area (Å²) in [5, 5.41) is 2.18. The molecule has 0 saturated heterocycles. The van der Waals surface area contributed by atoms with Crippen LogP contribution in [-0.4, -0.2) is 10.5 Å². The van der Waals surface area contributed by atoms with E-state index in [1.54, 1.807) is 0 Å². The van der Waals surface area contributed by atoms with E-state index >= 15 is 0 Å². The minimum absolute atomic E-state index is 0. The molecule has 0 atom stereocenters. The number of fused-ring (bicyclic) bond motifs is 2. The van der Waals surface area contributed by atoms with Crippen molar-refractivity contribution < 1.29 is 5.48 Å². The Morgan fingerprint density at radius 3 is 1.65 bits per heavy atom. The predicted octanol–water partition coefficient (Wildman–Crippen LogP) is 1.73. The van der Waals surface area contributed by atoms with Crippen molar-refractivity contribution in [2.24, 2.45) is 0 Å². The lowest BCUT2D eigenvalue weighted by Crippen LogP contribution is -1.89. The topological polar surface area (TPSA) is 96.4 Å². The van der Waals surface area contributed by atoms with Crippen LogP contribution in [0.4, 0.5) is 11.4 Å². The third kappa shape index (κ3) is 1.86. The van der Waals surface area contributed by atoms with E-state index in [0.717, 1.165) is 33.2 Å². The van der Waals surface area contributed by atoms with Crippen LogP contribution in [0.3, 0.4) is 0 Å². The van der Waals surface area contributed by atoms with Crippen LogP contribution in [0, 0.1) is 0 Å². The van der Waals surface area contributed by atoms with Crippen LogP contribution in [0.15, 0.2) is 42.5 Å². The van der Waals surface area contributed by atoms with E-state index in [4.69, 9.17) is 11.5 Å². The van der Waals surface area contributed by atoms with Crippen molar-refractivity contribution >= 4 is 33.2 Å². The largest absolute Gasteiger partial charge is 0.412 e. The number of rotatable bonds is 0. The summed E-state index contributed by atoms with van der Waals surface area (Å²) < 4.78 is 0. The molecule has 3 rings (SSSR count). The molecule has 0 spiro atoms. The van der Waals surface area contributed by atoms with Crippen LogP contribution in [0.5, 0.6) is 0 Å². The van der Waals surface area contributed by atoms with Crippen LogP contribution in [0.25, 0.3) is 21.8 Å². The molecule has 0 radical (unpaired) electrons. The van der Waals surface area contributed by atoms with E-state index in [1.165, 1.54) is 0 Å². The van der Waals surface area contributed by atoms with Crippen LogP contribution >= 0.6 is 0 Å². The molecule has 1 heterocycles. The second-order valence-electron chi connectivity index (χ2n) is 3.89. The zero-order valence-electron chi connectivity index (χ0n) is 9.14. The first-order chi connectivity index (χ1) is 7.72. The highest BCUT2D eigenvalue weighted by molar-refractivity contribution is 5.94. The van der Waals surface area contributed by atoms with Crippen molar-refractivity contribution in [3.05, 3.63) is 42.5 Å². The SMILES string of the molecule is Nc1ccc2cc3ccc(N)cc3nc2c1.O. The Balaban J connectivity index is 0.00000108. The molecule has 0 aliphatic rings. The number of nitrogens with zero attached hydrogens (tertiary/aromatic N) is 1. The Bertz CT molecular complexity index is 638. The third-order valence-electron chi connectivity index (χ3n) is 2.66. The Morgan fingerprint density at radius 2 is 1.18 bits per heavy atom. The summed E-state index contributed by atoms with van der Waals surface area (Å²) in [4.78, 5) is 4.54. The maximum atomic E-state index is 5.73. The molecule has 6 N–H and O–H groups in total. The number of nitrogen functional groups attached to an aromatic ring is 2. The monoisotopic (exact) mass is 227 g/mol. The fraction of sp³-hybridized carbons (Fsp3) is 0. The average Bonchev–Trinajstić information content (AvgIpc) is 2.26. The van der Waals surface area contributed by atoms with Crippen molar-refractivity contribution in [3.8, 4) is 0 Å². The molecule has 0 saturated carbocycles. The zero-order chi connectivity index (χ0) is 11.1. The molecule has 0 aliphatic carbocycles. The normalized spacial score (nSPS) is 10.4. The molecule has 0 bridgehead atoms. The van der Waals surface area contributed by atoms with Crippen molar-refractivity contribution in [2.75, 3.05) is 11.5 Å². The molecule has 0 amide bonds. The summed E-state index contributed by atoms with van der Waals surface area (Å²) >= 11 is 0. The molecule has 86 valence electrons. The van der Waals surface area contributed by atoms with E-state index in [9.17, 15) is 0 Å². The second-order valence-corrected chi connectivity index (χ2v) is 3.89. The number of nitrogens with two attached hydrogens (primary N) is 2. The highest BCUT2D eigenvalue weighted by atomic mass is 16.0. The molecule has 4 nitrogen and oxygen atoms in total. The summed E-state index contributed by atoms with van der Waals surface area (Å²) in [5.41, 5.74) is 14.7. The molecular weight excluding hydrogens is 214 g/mol. The average molecular weight is 227 g/mol. The van der Waals surface area contributed by atoms with Gasteiger partial charge >= 0.3 is 0 Å². The summed E-state index contributed by atoms with van der Waals surface area (Å²) in [5.74, 6) is 0. The van der Waals surface area contributed by atoms with Crippen LogP contribution in [-0.2, 0) is 0 Å². The first-order valence-corrected chi connectivity index (χ1v) is 5.08. The summed E-state index contributed by atoms with van der Waals surface area (Å²) in [6.07, 6.45) is 0. The van der Waals surface area contributed by atoms with Gasteiger partial charge in [-0.05, 0) is 30.3 Å². The lowest BCUT2D eigenvalue weighted by molar-refractivity contribution is 0.824. The van der Waals surface area contributed by atoms with Crippen LogP contribution in [0.1, 0.15) is 0 Å². The maximum Gasteiger partial charge on any atom is 0.0730 e. The Kier molecular flexibility index (Phi) is 2.57. The first kappa shape index (κ1) is 11.2. The van der Waals surface area contributed by atoms with Crippen molar-refractivity contribution in [1.29, 1.82) is 0 Å². The lowest BCUT2D eigenvalue weighted by atomic mass is 10.1. The number of hydrogen-bond acceptors (Lipinski definition) is 3. The van der Waals surface area contributed by atoms with Gasteiger partial charge < -0.3 is 16.9 Å². The van der Waals surface area contributed by atoms with Gasteiger partial charge in [0.05, 0.1) is 11.0 Å². The van der Waals surface area contributed by atoms with Gasteiger partial charge in [-0.3, -0.25) is 0 Å². The van der Waals surface area contributed by atoms with E-state index in [0.29, 0.717) is 0 Å². The zero-order valence-corrected chi connectivity index (χ0v) is 9.14. The lowest BCUT2D eigenvalue weighted by Gasteiger charge is -2.03. The molecule has 0 unspecified atom stereocenters. The molecule has 4 heteroatoms. The molecule has 2 aromatic carbocycles. The van der Waals surface area contributed by atoms with Gasteiger partial charge in [-0.2, -0.15) is 0 Å². The van der Waals surface area contributed by atoms with Gasteiger partial charge in [0.15, 0.2) is 0 Å². The predicted molar refractivity (Wildman–Crippen MR) is 71.7 cm³/mol. The van der Waals surface area contributed by atoms with E-state index in [2.05, 4.69) is 11.1 Å².